The van der Waals surface area contributed by atoms with Gasteiger partial charge in [-0.05, 0) is 55.7 Å². The predicted molar refractivity (Wildman–Crippen MR) is 135 cm³/mol. The number of methoxy groups -OCH3 is 2. The molecule has 0 unspecified atom stereocenters. The topological polar surface area (TPSA) is 77.4 Å². The van der Waals surface area contributed by atoms with Crippen molar-refractivity contribution in [3.63, 3.8) is 0 Å². The molecule has 2 heterocycles. The van der Waals surface area contributed by atoms with E-state index in [0.29, 0.717) is 39.9 Å². The number of amides is 1. The molecule has 2 aliphatic heterocycles. The Morgan fingerprint density at radius 1 is 1.12 bits per heavy atom. The van der Waals surface area contributed by atoms with Gasteiger partial charge in [-0.15, -0.1) is 0 Å². The lowest BCUT2D eigenvalue weighted by molar-refractivity contribution is -0.139. The van der Waals surface area contributed by atoms with Crippen LogP contribution in [0.2, 0.25) is 0 Å². The summed E-state index contributed by atoms with van der Waals surface area (Å²) in [7, 11) is 3.11. The highest BCUT2D eigenvalue weighted by Crippen LogP contribution is 2.45. The first-order valence-electron chi connectivity index (χ1n) is 10.8. The van der Waals surface area contributed by atoms with Gasteiger partial charge in [0.05, 0.1) is 43.4 Å². The molecule has 1 amide bonds. The monoisotopic (exact) mass is 544 g/mol. The zero-order valence-corrected chi connectivity index (χ0v) is 21.7. The zero-order valence-electron chi connectivity index (χ0n) is 19.3. The summed E-state index contributed by atoms with van der Waals surface area (Å²) in [6.07, 6.45) is 0.554. The normalized spacial score (nSPS) is 19.6. The van der Waals surface area contributed by atoms with Crippen molar-refractivity contribution in [2.75, 3.05) is 20.8 Å². The van der Waals surface area contributed by atoms with Gasteiger partial charge in [-0.2, -0.15) is 0 Å². The van der Waals surface area contributed by atoms with Crippen molar-refractivity contribution in [1.82, 2.24) is 4.90 Å². The Hall–Kier alpha value is -2.78. The van der Waals surface area contributed by atoms with Gasteiger partial charge in [0.25, 0.3) is 0 Å². The molecule has 2 aromatic carbocycles. The second-order valence-corrected chi connectivity index (χ2v) is 9.86. The largest absolute Gasteiger partial charge is 0.493 e. The summed E-state index contributed by atoms with van der Waals surface area (Å²) < 4.78 is 17.2. The number of benzene rings is 2. The SMILES string of the molecule is CCOC(=O)C1=C(C)N=C2S[C@H](Cc3ccc(Br)cc3)C(=O)N2[C@H]1c1ccc(OC)c(OC)c1. The molecule has 0 saturated carbocycles. The fourth-order valence-corrected chi connectivity index (χ4v) is 5.61. The summed E-state index contributed by atoms with van der Waals surface area (Å²) in [5.41, 5.74) is 2.64. The standard InChI is InChI=1S/C25H25BrN2O5S/c1-5-33-24(30)21-14(2)27-25-28(22(21)16-8-11-18(31-3)19(13-16)32-4)23(29)20(34-25)12-15-6-9-17(26)10-7-15/h6-11,13,20,22H,5,12H2,1-4H3/t20-,22+/m1/s1. The van der Waals surface area contributed by atoms with E-state index in [4.69, 9.17) is 14.2 Å². The Labute approximate surface area is 211 Å². The van der Waals surface area contributed by atoms with Crippen LogP contribution in [-0.2, 0) is 20.7 Å². The number of carbonyl (C=O) groups is 2. The third-order valence-corrected chi connectivity index (χ3v) is 7.38. The molecule has 0 radical (unpaired) electrons. The first kappa shape index (κ1) is 24.3. The number of thioether (sulfide) groups is 1. The lowest BCUT2D eigenvalue weighted by Gasteiger charge is -2.33. The summed E-state index contributed by atoms with van der Waals surface area (Å²) in [4.78, 5) is 33.0. The van der Waals surface area contributed by atoms with Gasteiger partial charge >= 0.3 is 5.97 Å². The Bertz CT molecular complexity index is 1180. The van der Waals surface area contributed by atoms with E-state index in [2.05, 4.69) is 20.9 Å². The third kappa shape index (κ3) is 4.59. The molecule has 2 atom stereocenters. The maximum Gasteiger partial charge on any atom is 0.338 e. The summed E-state index contributed by atoms with van der Waals surface area (Å²) >= 11 is 4.87. The number of hydrogen-bond donors (Lipinski definition) is 0. The van der Waals surface area contributed by atoms with Crippen molar-refractivity contribution in [2.24, 2.45) is 4.99 Å². The number of ether oxygens (including phenoxy) is 3. The van der Waals surface area contributed by atoms with Crippen molar-refractivity contribution in [2.45, 2.75) is 31.6 Å². The van der Waals surface area contributed by atoms with E-state index in [1.54, 1.807) is 45.1 Å². The van der Waals surface area contributed by atoms with Crippen LogP contribution in [-0.4, -0.2) is 48.0 Å². The molecule has 0 spiro atoms. The highest BCUT2D eigenvalue weighted by molar-refractivity contribution is 9.10. The van der Waals surface area contributed by atoms with Crippen molar-refractivity contribution in [1.29, 1.82) is 0 Å². The number of halogens is 1. The van der Waals surface area contributed by atoms with Gasteiger partial charge in [-0.1, -0.05) is 45.9 Å². The first-order valence-corrected chi connectivity index (χ1v) is 12.5. The van der Waals surface area contributed by atoms with Crippen LogP contribution in [0.5, 0.6) is 11.5 Å². The van der Waals surface area contributed by atoms with Gasteiger partial charge < -0.3 is 14.2 Å². The summed E-state index contributed by atoms with van der Waals surface area (Å²) in [6.45, 7) is 3.75. The quantitative estimate of drug-likeness (QED) is 0.461. The van der Waals surface area contributed by atoms with Crippen molar-refractivity contribution < 1.29 is 23.8 Å². The molecule has 2 aromatic rings. The second-order valence-electron chi connectivity index (χ2n) is 7.78. The number of fused-ring (bicyclic) bond motifs is 1. The number of amidine groups is 1. The number of allylic oxidation sites excluding steroid dienone is 1. The smallest absolute Gasteiger partial charge is 0.338 e. The summed E-state index contributed by atoms with van der Waals surface area (Å²) in [5.74, 6) is 0.484. The highest BCUT2D eigenvalue weighted by atomic mass is 79.9. The number of aliphatic imine (C=N–C) groups is 1. The Kier molecular flexibility index (Phi) is 7.33. The average Bonchev–Trinajstić information content (AvgIpc) is 3.13. The van der Waals surface area contributed by atoms with Gasteiger partial charge in [-0.25, -0.2) is 9.79 Å². The Morgan fingerprint density at radius 2 is 1.82 bits per heavy atom. The van der Waals surface area contributed by atoms with Gasteiger partial charge in [0.15, 0.2) is 16.7 Å². The summed E-state index contributed by atoms with van der Waals surface area (Å²) in [6, 6.07) is 12.6. The van der Waals surface area contributed by atoms with Crippen LogP contribution in [0.4, 0.5) is 0 Å². The molecule has 1 fully saturated rings. The van der Waals surface area contributed by atoms with Crippen molar-refractivity contribution in [3.05, 3.63) is 69.3 Å². The average molecular weight is 545 g/mol. The maximum absolute atomic E-state index is 13.7. The van der Waals surface area contributed by atoms with Crippen LogP contribution in [0.1, 0.15) is 31.0 Å². The molecule has 0 N–H and O–H groups in total. The molecule has 2 aliphatic rings. The minimum Gasteiger partial charge on any atom is -0.493 e. The van der Waals surface area contributed by atoms with Gasteiger partial charge in [-0.3, -0.25) is 9.69 Å². The van der Waals surface area contributed by atoms with E-state index in [1.807, 2.05) is 30.3 Å². The lowest BCUT2D eigenvalue weighted by Crippen LogP contribution is -2.41. The van der Waals surface area contributed by atoms with Gasteiger partial charge in [0, 0.05) is 4.47 Å². The number of nitrogens with zero attached hydrogens (tertiary/aromatic N) is 2. The molecule has 0 aliphatic carbocycles. The number of carbonyl (C=O) groups excluding carboxylic acids is 2. The molecular weight excluding hydrogens is 520 g/mol. The minimum absolute atomic E-state index is 0.0965. The van der Waals surface area contributed by atoms with E-state index in [-0.39, 0.29) is 17.8 Å². The number of hydrogen-bond acceptors (Lipinski definition) is 7. The van der Waals surface area contributed by atoms with E-state index in [9.17, 15) is 9.59 Å². The number of esters is 1. The van der Waals surface area contributed by atoms with E-state index in [1.165, 1.54) is 11.8 Å². The molecule has 178 valence electrons. The van der Waals surface area contributed by atoms with Crippen LogP contribution in [0.25, 0.3) is 0 Å². The van der Waals surface area contributed by atoms with Crippen LogP contribution >= 0.6 is 27.7 Å². The second kappa shape index (κ2) is 10.2. The van der Waals surface area contributed by atoms with E-state index >= 15 is 0 Å². The molecule has 1 saturated heterocycles. The van der Waals surface area contributed by atoms with E-state index < -0.39 is 12.0 Å². The van der Waals surface area contributed by atoms with Crippen molar-refractivity contribution in [3.8, 4) is 11.5 Å². The minimum atomic E-state index is -0.679. The van der Waals surface area contributed by atoms with Crippen LogP contribution in [0, 0.1) is 0 Å². The molecule has 7 nitrogen and oxygen atoms in total. The molecule has 34 heavy (non-hydrogen) atoms. The Balaban J connectivity index is 1.76. The summed E-state index contributed by atoms with van der Waals surface area (Å²) in [5, 5.41) is 0.231. The van der Waals surface area contributed by atoms with Gasteiger partial charge in [0.1, 0.15) is 0 Å². The third-order valence-electron chi connectivity index (χ3n) is 5.70. The molecular formula is C25H25BrN2O5S. The van der Waals surface area contributed by atoms with Crippen LogP contribution in [0.3, 0.4) is 0 Å². The Morgan fingerprint density at radius 3 is 2.47 bits per heavy atom. The van der Waals surface area contributed by atoms with Crippen molar-refractivity contribution >= 4 is 44.7 Å². The van der Waals surface area contributed by atoms with Crippen LogP contribution < -0.4 is 9.47 Å². The number of rotatable bonds is 7. The van der Waals surface area contributed by atoms with Gasteiger partial charge in [0.2, 0.25) is 5.91 Å². The van der Waals surface area contributed by atoms with Crippen LogP contribution in [0.15, 0.2) is 63.2 Å². The fourth-order valence-electron chi connectivity index (χ4n) is 4.10. The fraction of sp³-hybridized carbons (Fsp3) is 0.320. The molecule has 0 bridgehead atoms. The predicted octanol–water partition coefficient (Wildman–Crippen LogP) is 4.90. The highest BCUT2D eigenvalue weighted by Gasteiger charge is 2.47. The lowest BCUT2D eigenvalue weighted by atomic mass is 9.93. The molecule has 0 aromatic heterocycles. The van der Waals surface area contributed by atoms with E-state index in [0.717, 1.165) is 10.0 Å². The molecule has 9 heteroatoms. The zero-order chi connectivity index (χ0) is 24.4. The maximum atomic E-state index is 13.7. The first-order chi connectivity index (χ1) is 16.4. The molecule has 4 rings (SSSR count).